The van der Waals surface area contributed by atoms with Gasteiger partial charge < -0.3 is 10.4 Å². The molecule has 7 heteroatoms. The van der Waals surface area contributed by atoms with Gasteiger partial charge in [0.15, 0.2) is 5.82 Å². The normalized spacial score (nSPS) is 12.1. The van der Waals surface area contributed by atoms with Crippen LogP contribution in [0.4, 0.5) is 5.82 Å². The van der Waals surface area contributed by atoms with E-state index in [0.717, 1.165) is 12.1 Å². The molecule has 0 aliphatic carbocycles. The van der Waals surface area contributed by atoms with Crippen molar-refractivity contribution in [3.05, 3.63) is 30.1 Å². The fraction of sp³-hybridized carbons (Fsp3) is 0.385. The second-order valence-corrected chi connectivity index (χ2v) is 4.50. The third kappa shape index (κ3) is 3.31. The van der Waals surface area contributed by atoms with Crippen LogP contribution in [0, 0.1) is 6.92 Å². The molecule has 7 nitrogen and oxygen atoms in total. The average Bonchev–Trinajstić information content (AvgIpc) is 2.85. The number of carboxylic acids is 1. The Morgan fingerprint density at radius 1 is 1.40 bits per heavy atom. The number of carboxylic acid groups (broad SMARTS) is 1. The van der Waals surface area contributed by atoms with E-state index in [2.05, 4.69) is 20.6 Å². The van der Waals surface area contributed by atoms with Crippen LogP contribution < -0.4 is 5.32 Å². The molecule has 0 radical (unpaired) electrons. The summed E-state index contributed by atoms with van der Waals surface area (Å²) in [7, 11) is 0. The van der Waals surface area contributed by atoms with Gasteiger partial charge in [-0.15, -0.1) is 10.2 Å². The third-order valence-electron chi connectivity index (χ3n) is 2.81. The molecule has 2 aromatic heterocycles. The molecule has 1 unspecified atom stereocenters. The molecular formula is C13H17N5O2. The minimum absolute atomic E-state index is 0.443. The fourth-order valence-corrected chi connectivity index (χ4v) is 1.79. The summed E-state index contributed by atoms with van der Waals surface area (Å²) >= 11 is 0. The molecule has 0 spiro atoms. The zero-order valence-corrected chi connectivity index (χ0v) is 11.4. The number of aromatic nitrogens is 4. The lowest BCUT2D eigenvalue weighted by atomic mass is 10.2. The summed E-state index contributed by atoms with van der Waals surface area (Å²) in [6.07, 6.45) is 3.11. The van der Waals surface area contributed by atoms with E-state index in [1.165, 1.54) is 0 Å². The van der Waals surface area contributed by atoms with Gasteiger partial charge in [-0.05, 0) is 31.5 Å². The second kappa shape index (κ2) is 6.14. The molecule has 1 atom stereocenters. The molecule has 0 aromatic carbocycles. The van der Waals surface area contributed by atoms with Crippen molar-refractivity contribution in [1.82, 2.24) is 20.0 Å². The van der Waals surface area contributed by atoms with Crippen LogP contribution in [0.15, 0.2) is 24.4 Å². The van der Waals surface area contributed by atoms with Gasteiger partial charge in [-0.2, -0.15) is 5.10 Å². The van der Waals surface area contributed by atoms with Crippen LogP contribution in [-0.2, 0) is 4.79 Å². The Balaban J connectivity index is 2.09. The topological polar surface area (TPSA) is 92.9 Å². The zero-order chi connectivity index (χ0) is 14.5. The van der Waals surface area contributed by atoms with Crippen molar-refractivity contribution in [3.63, 3.8) is 0 Å². The van der Waals surface area contributed by atoms with Crippen molar-refractivity contribution < 1.29 is 9.90 Å². The smallest absolute Gasteiger partial charge is 0.326 e. The predicted octanol–water partition coefficient (Wildman–Crippen LogP) is 1.64. The molecule has 0 aliphatic heterocycles. The number of nitrogens with one attached hydrogen (secondary N) is 1. The molecule has 0 saturated carbocycles. The van der Waals surface area contributed by atoms with Crippen molar-refractivity contribution in [2.24, 2.45) is 0 Å². The van der Waals surface area contributed by atoms with Gasteiger partial charge in [-0.25, -0.2) is 9.48 Å². The van der Waals surface area contributed by atoms with Crippen molar-refractivity contribution in [1.29, 1.82) is 0 Å². The average molecular weight is 275 g/mol. The standard InChI is InChI=1S/C13H17N5O2/c1-3-4-10(13(19)20)14-11-5-6-12(16-15-11)18-8-7-9(2)17-18/h5-8,10H,3-4H2,1-2H3,(H,14,15)(H,19,20). The van der Waals surface area contributed by atoms with Crippen LogP contribution in [0.1, 0.15) is 25.5 Å². The Kier molecular flexibility index (Phi) is 4.29. The summed E-state index contributed by atoms with van der Waals surface area (Å²) in [5.74, 6) is 0.143. The van der Waals surface area contributed by atoms with E-state index in [-0.39, 0.29) is 0 Å². The summed E-state index contributed by atoms with van der Waals surface area (Å²) < 4.78 is 1.62. The molecule has 2 heterocycles. The van der Waals surface area contributed by atoms with Crippen molar-refractivity contribution in [2.45, 2.75) is 32.7 Å². The molecule has 2 rings (SSSR count). The predicted molar refractivity (Wildman–Crippen MR) is 73.8 cm³/mol. The molecular weight excluding hydrogens is 258 g/mol. The van der Waals surface area contributed by atoms with Gasteiger partial charge in [0.2, 0.25) is 0 Å². The van der Waals surface area contributed by atoms with E-state index >= 15 is 0 Å². The monoisotopic (exact) mass is 275 g/mol. The Bertz CT molecular complexity index is 579. The molecule has 0 bridgehead atoms. The number of aliphatic carboxylic acids is 1. The highest BCUT2D eigenvalue weighted by molar-refractivity contribution is 5.76. The van der Waals surface area contributed by atoms with Gasteiger partial charge in [-0.3, -0.25) is 0 Å². The first-order valence-electron chi connectivity index (χ1n) is 6.46. The molecule has 20 heavy (non-hydrogen) atoms. The van der Waals surface area contributed by atoms with Crippen LogP contribution in [0.5, 0.6) is 0 Å². The summed E-state index contributed by atoms with van der Waals surface area (Å²) in [5, 5.41) is 24.2. The van der Waals surface area contributed by atoms with Crippen LogP contribution in [0.25, 0.3) is 5.82 Å². The highest BCUT2D eigenvalue weighted by Crippen LogP contribution is 2.10. The first-order chi connectivity index (χ1) is 9.60. The molecule has 0 aliphatic rings. The first-order valence-corrected chi connectivity index (χ1v) is 6.46. The van der Waals surface area contributed by atoms with Crippen LogP contribution in [0.2, 0.25) is 0 Å². The highest BCUT2D eigenvalue weighted by atomic mass is 16.4. The largest absolute Gasteiger partial charge is 0.480 e. The van der Waals surface area contributed by atoms with E-state index < -0.39 is 12.0 Å². The van der Waals surface area contributed by atoms with Crippen molar-refractivity contribution in [3.8, 4) is 5.82 Å². The highest BCUT2D eigenvalue weighted by Gasteiger charge is 2.16. The van der Waals surface area contributed by atoms with Gasteiger partial charge in [0, 0.05) is 6.20 Å². The molecule has 2 N–H and O–H groups in total. The molecule has 0 saturated heterocycles. The summed E-state index contributed by atoms with van der Waals surface area (Å²) in [6.45, 7) is 3.83. The minimum Gasteiger partial charge on any atom is -0.480 e. The number of hydrogen-bond acceptors (Lipinski definition) is 5. The van der Waals surface area contributed by atoms with Gasteiger partial charge in [0.05, 0.1) is 5.69 Å². The summed E-state index contributed by atoms with van der Waals surface area (Å²) in [6, 6.07) is 4.67. The number of aryl methyl sites for hydroxylation is 1. The Morgan fingerprint density at radius 3 is 2.70 bits per heavy atom. The van der Waals surface area contributed by atoms with Crippen LogP contribution in [-0.4, -0.2) is 37.1 Å². The second-order valence-electron chi connectivity index (χ2n) is 4.50. The SMILES string of the molecule is CCCC(Nc1ccc(-n2ccc(C)n2)nn1)C(=O)O. The van der Waals surface area contributed by atoms with Crippen molar-refractivity contribution in [2.75, 3.05) is 5.32 Å². The van der Waals surface area contributed by atoms with E-state index in [4.69, 9.17) is 5.11 Å². The van der Waals surface area contributed by atoms with Crippen LogP contribution in [0.3, 0.4) is 0 Å². The quantitative estimate of drug-likeness (QED) is 0.832. The molecule has 106 valence electrons. The number of carbonyl (C=O) groups is 1. The fourth-order valence-electron chi connectivity index (χ4n) is 1.79. The lowest BCUT2D eigenvalue weighted by Gasteiger charge is -2.13. The maximum atomic E-state index is 11.1. The first kappa shape index (κ1) is 14.0. The lowest BCUT2D eigenvalue weighted by Crippen LogP contribution is -2.29. The number of nitrogens with zero attached hydrogens (tertiary/aromatic N) is 4. The summed E-state index contributed by atoms with van der Waals surface area (Å²) in [5.41, 5.74) is 0.892. The van der Waals surface area contributed by atoms with E-state index in [0.29, 0.717) is 18.1 Å². The Hall–Kier alpha value is -2.44. The number of hydrogen-bond donors (Lipinski definition) is 2. The van der Waals surface area contributed by atoms with E-state index in [1.54, 1.807) is 23.0 Å². The van der Waals surface area contributed by atoms with Gasteiger partial charge in [0.1, 0.15) is 11.9 Å². The maximum Gasteiger partial charge on any atom is 0.326 e. The number of anilines is 1. The maximum absolute atomic E-state index is 11.1. The number of rotatable bonds is 6. The van der Waals surface area contributed by atoms with Gasteiger partial charge in [-0.1, -0.05) is 13.3 Å². The van der Waals surface area contributed by atoms with E-state index in [9.17, 15) is 4.79 Å². The third-order valence-corrected chi connectivity index (χ3v) is 2.81. The zero-order valence-electron chi connectivity index (χ0n) is 11.4. The minimum atomic E-state index is -0.888. The molecule has 0 amide bonds. The van der Waals surface area contributed by atoms with E-state index in [1.807, 2.05) is 19.9 Å². The molecule has 0 fully saturated rings. The summed E-state index contributed by atoms with van der Waals surface area (Å²) in [4.78, 5) is 11.1. The Labute approximate surface area is 116 Å². The Morgan fingerprint density at radius 2 is 2.20 bits per heavy atom. The van der Waals surface area contributed by atoms with Crippen molar-refractivity contribution >= 4 is 11.8 Å². The van der Waals surface area contributed by atoms with Gasteiger partial charge >= 0.3 is 5.97 Å². The molecule has 2 aromatic rings. The van der Waals surface area contributed by atoms with Gasteiger partial charge in [0.25, 0.3) is 0 Å². The van der Waals surface area contributed by atoms with Crippen LogP contribution >= 0.6 is 0 Å². The lowest BCUT2D eigenvalue weighted by molar-refractivity contribution is -0.138.